The SMILES string of the molecule is CCOc1ccc(C(CNC(=O)c2c(C)[nH]c3ccc(F)cc23)N(C)C)cc1. The van der Waals surface area contributed by atoms with Crippen molar-refractivity contribution < 1.29 is 13.9 Å². The van der Waals surface area contributed by atoms with Gasteiger partial charge in [0.05, 0.1) is 18.2 Å². The van der Waals surface area contributed by atoms with E-state index in [1.165, 1.54) is 12.1 Å². The molecular formula is C22H26FN3O2. The van der Waals surface area contributed by atoms with Gasteiger partial charge in [-0.15, -0.1) is 0 Å². The molecule has 1 amide bonds. The number of ether oxygens (including phenoxy) is 1. The number of aryl methyl sites for hydroxylation is 1. The highest BCUT2D eigenvalue weighted by Crippen LogP contribution is 2.24. The lowest BCUT2D eigenvalue weighted by atomic mass is 10.1. The van der Waals surface area contributed by atoms with Crippen LogP contribution >= 0.6 is 0 Å². The van der Waals surface area contributed by atoms with Gasteiger partial charge in [0.1, 0.15) is 11.6 Å². The van der Waals surface area contributed by atoms with E-state index in [9.17, 15) is 9.18 Å². The zero-order valence-corrected chi connectivity index (χ0v) is 16.7. The lowest BCUT2D eigenvalue weighted by Crippen LogP contribution is -2.34. The Bertz CT molecular complexity index is 964. The van der Waals surface area contributed by atoms with Crippen LogP contribution in [0.4, 0.5) is 4.39 Å². The van der Waals surface area contributed by atoms with Crippen molar-refractivity contribution >= 4 is 16.8 Å². The Morgan fingerprint density at radius 3 is 2.57 bits per heavy atom. The molecule has 0 fully saturated rings. The monoisotopic (exact) mass is 383 g/mol. The summed E-state index contributed by atoms with van der Waals surface area (Å²) in [7, 11) is 3.94. The molecular weight excluding hydrogens is 357 g/mol. The van der Waals surface area contributed by atoms with Gasteiger partial charge in [0.2, 0.25) is 0 Å². The van der Waals surface area contributed by atoms with Crippen molar-refractivity contribution in [1.82, 2.24) is 15.2 Å². The highest BCUT2D eigenvalue weighted by Gasteiger charge is 2.20. The lowest BCUT2D eigenvalue weighted by molar-refractivity contribution is 0.0943. The number of carbonyl (C=O) groups is 1. The molecule has 0 saturated carbocycles. The number of nitrogens with zero attached hydrogens (tertiary/aromatic N) is 1. The Hall–Kier alpha value is -2.86. The number of likely N-dealkylation sites (N-methyl/N-ethyl adjacent to an activating group) is 1. The summed E-state index contributed by atoms with van der Waals surface area (Å²) in [5.41, 5.74) is 3.04. The number of rotatable bonds is 7. The second-order valence-corrected chi connectivity index (χ2v) is 7.01. The summed E-state index contributed by atoms with van der Waals surface area (Å²) in [4.78, 5) is 18.1. The first-order valence-electron chi connectivity index (χ1n) is 9.36. The fourth-order valence-electron chi connectivity index (χ4n) is 3.42. The van der Waals surface area contributed by atoms with Crippen LogP contribution < -0.4 is 10.1 Å². The number of hydrogen-bond acceptors (Lipinski definition) is 3. The van der Waals surface area contributed by atoms with Crippen molar-refractivity contribution in [3.05, 3.63) is 65.1 Å². The molecule has 3 aromatic rings. The number of nitrogens with one attached hydrogen (secondary N) is 2. The van der Waals surface area contributed by atoms with Crippen molar-refractivity contribution in [2.75, 3.05) is 27.2 Å². The van der Waals surface area contributed by atoms with Crippen LogP contribution in [0.3, 0.4) is 0 Å². The van der Waals surface area contributed by atoms with E-state index in [0.29, 0.717) is 24.1 Å². The zero-order chi connectivity index (χ0) is 20.3. The molecule has 2 aromatic carbocycles. The third kappa shape index (κ3) is 4.17. The maximum atomic E-state index is 13.7. The second kappa shape index (κ2) is 8.44. The summed E-state index contributed by atoms with van der Waals surface area (Å²) in [6.45, 7) is 4.83. The molecule has 0 saturated heterocycles. The van der Waals surface area contributed by atoms with Crippen molar-refractivity contribution in [2.24, 2.45) is 0 Å². The Kier molecular flexibility index (Phi) is 5.99. The Morgan fingerprint density at radius 1 is 1.21 bits per heavy atom. The van der Waals surface area contributed by atoms with Crippen molar-refractivity contribution in [3.8, 4) is 5.75 Å². The average molecular weight is 383 g/mol. The summed E-state index contributed by atoms with van der Waals surface area (Å²) in [5.74, 6) is 0.248. The van der Waals surface area contributed by atoms with Gasteiger partial charge in [0.25, 0.3) is 5.91 Å². The van der Waals surface area contributed by atoms with Crippen molar-refractivity contribution in [1.29, 1.82) is 0 Å². The molecule has 5 nitrogen and oxygen atoms in total. The van der Waals surface area contributed by atoms with E-state index < -0.39 is 0 Å². The van der Waals surface area contributed by atoms with Crippen LogP contribution in [0.1, 0.15) is 34.6 Å². The standard InChI is InChI=1S/C22H26FN3O2/c1-5-28-17-9-6-15(7-10-17)20(26(3)4)13-24-22(27)21-14(2)25-19-11-8-16(23)12-18(19)21/h6-12,20,25H,5,13H2,1-4H3,(H,24,27). The largest absolute Gasteiger partial charge is 0.494 e. The molecule has 0 aliphatic rings. The maximum Gasteiger partial charge on any atom is 0.253 e. The first-order valence-corrected chi connectivity index (χ1v) is 9.36. The average Bonchev–Trinajstić information content (AvgIpc) is 2.98. The van der Waals surface area contributed by atoms with Gasteiger partial charge < -0.3 is 19.9 Å². The van der Waals surface area contributed by atoms with Gasteiger partial charge in [0.15, 0.2) is 0 Å². The lowest BCUT2D eigenvalue weighted by Gasteiger charge is -2.25. The van der Waals surface area contributed by atoms with E-state index >= 15 is 0 Å². The van der Waals surface area contributed by atoms with Crippen LogP contribution in [0.2, 0.25) is 0 Å². The van der Waals surface area contributed by atoms with Crippen molar-refractivity contribution in [2.45, 2.75) is 19.9 Å². The minimum absolute atomic E-state index is 0.00174. The van der Waals surface area contributed by atoms with Crippen molar-refractivity contribution in [3.63, 3.8) is 0 Å². The molecule has 0 aliphatic carbocycles. The van der Waals surface area contributed by atoms with Gasteiger partial charge in [-0.1, -0.05) is 12.1 Å². The van der Waals surface area contributed by atoms with Gasteiger partial charge in [-0.05, 0) is 63.8 Å². The van der Waals surface area contributed by atoms with Crippen LogP contribution in [0, 0.1) is 12.7 Å². The molecule has 3 rings (SSSR count). The minimum atomic E-state index is -0.360. The third-order valence-electron chi connectivity index (χ3n) is 4.83. The molecule has 2 N–H and O–H groups in total. The number of halogens is 1. The first kappa shape index (κ1) is 19.9. The van der Waals surface area contributed by atoms with Crippen LogP contribution in [-0.4, -0.2) is 43.0 Å². The summed E-state index contributed by atoms with van der Waals surface area (Å²) < 4.78 is 19.2. The van der Waals surface area contributed by atoms with E-state index in [1.807, 2.05) is 52.2 Å². The summed E-state index contributed by atoms with van der Waals surface area (Å²) >= 11 is 0. The van der Waals surface area contributed by atoms with E-state index in [0.717, 1.165) is 22.5 Å². The van der Waals surface area contributed by atoms with E-state index in [2.05, 4.69) is 15.2 Å². The molecule has 0 aliphatic heterocycles. The third-order valence-corrected chi connectivity index (χ3v) is 4.83. The van der Waals surface area contributed by atoms with Gasteiger partial charge in [0, 0.05) is 23.1 Å². The molecule has 28 heavy (non-hydrogen) atoms. The molecule has 0 radical (unpaired) electrons. The number of aromatic nitrogens is 1. The topological polar surface area (TPSA) is 57.4 Å². The quantitative estimate of drug-likeness (QED) is 0.647. The maximum absolute atomic E-state index is 13.7. The van der Waals surface area contributed by atoms with E-state index in [-0.39, 0.29) is 17.8 Å². The zero-order valence-electron chi connectivity index (χ0n) is 16.7. The fraction of sp³-hybridized carbons (Fsp3) is 0.318. The number of H-pyrrole nitrogens is 1. The Morgan fingerprint density at radius 2 is 1.93 bits per heavy atom. The smallest absolute Gasteiger partial charge is 0.253 e. The van der Waals surface area contributed by atoms with Crippen LogP contribution in [0.15, 0.2) is 42.5 Å². The van der Waals surface area contributed by atoms with E-state index in [4.69, 9.17) is 4.74 Å². The molecule has 148 valence electrons. The van der Waals surface area contributed by atoms with Crippen LogP contribution in [0.25, 0.3) is 10.9 Å². The number of amides is 1. The van der Waals surface area contributed by atoms with Gasteiger partial charge in [-0.25, -0.2) is 4.39 Å². The molecule has 1 aromatic heterocycles. The van der Waals surface area contributed by atoms with Crippen LogP contribution in [0.5, 0.6) is 5.75 Å². The van der Waals surface area contributed by atoms with Gasteiger partial charge in [-0.2, -0.15) is 0 Å². The number of carbonyl (C=O) groups excluding carboxylic acids is 1. The van der Waals surface area contributed by atoms with Gasteiger partial charge in [-0.3, -0.25) is 4.79 Å². The molecule has 1 heterocycles. The number of hydrogen-bond donors (Lipinski definition) is 2. The van der Waals surface area contributed by atoms with E-state index in [1.54, 1.807) is 6.07 Å². The molecule has 0 spiro atoms. The predicted molar refractivity (Wildman–Crippen MR) is 109 cm³/mol. The highest BCUT2D eigenvalue weighted by molar-refractivity contribution is 6.08. The number of aromatic amines is 1. The Labute approximate surface area is 164 Å². The summed E-state index contributed by atoms with van der Waals surface area (Å²) in [5, 5.41) is 3.60. The second-order valence-electron chi connectivity index (χ2n) is 7.01. The Balaban J connectivity index is 1.78. The predicted octanol–water partition coefficient (Wildman–Crippen LogP) is 4.05. The number of fused-ring (bicyclic) bond motifs is 1. The normalized spacial score (nSPS) is 12.4. The summed E-state index contributed by atoms with van der Waals surface area (Å²) in [6, 6.07) is 12.3. The first-order chi connectivity index (χ1) is 13.4. The molecule has 6 heteroatoms. The molecule has 0 bridgehead atoms. The minimum Gasteiger partial charge on any atom is -0.494 e. The summed E-state index contributed by atoms with van der Waals surface area (Å²) in [6.07, 6.45) is 0. The number of benzene rings is 2. The highest BCUT2D eigenvalue weighted by atomic mass is 19.1. The molecule has 1 unspecified atom stereocenters. The molecule has 1 atom stereocenters. The van der Waals surface area contributed by atoms with Crippen LogP contribution in [-0.2, 0) is 0 Å². The fourth-order valence-corrected chi connectivity index (χ4v) is 3.42. The van der Waals surface area contributed by atoms with Gasteiger partial charge >= 0.3 is 0 Å².